The topological polar surface area (TPSA) is 72.6 Å². The van der Waals surface area contributed by atoms with E-state index in [1.54, 1.807) is 29.2 Å². The van der Waals surface area contributed by atoms with Crippen LogP contribution in [0.4, 0.5) is 0 Å². The van der Waals surface area contributed by atoms with Crippen molar-refractivity contribution in [3.8, 4) is 0 Å². The predicted molar refractivity (Wildman–Crippen MR) is 81.0 cm³/mol. The molecule has 1 unspecified atom stereocenters. The number of carbonyl (C=O) groups excluding carboxylic acids is 2. The minimum absolute atomic E-state index is 0.122. The Morgan fingerprint density at radius 1 is 1.18 bits per heavy atom. The maximum absolute atomic E-state index is 12.5. The first-order valence-corrected chi connectivity index (χ1v) is 6.95. The molecule has 1 atom stereocenters. The first-order chi connectivity index (χ1) is 10.6. The van der Waals surface area contributed by atoms with Crippen molar-refractivity contribution in [3.05, 3.63) is 70.8 Å². The maximum Gasteiger partial charge on any atom is 0.338 e. The number of methoxy groups -OCH3 is 1. The lowest BCUT2D eigenvalue weighted by atomic mass is 10.1. The molecule has 0 radical (unpaired) electrons. The molecule has 2 N–H and O–H groups in total. The summed E-state index contributed by atoms with van der Waals surface area (Å²) in [7, 11) is 1.34. The molecule has 1 heterocycles. The number of benzene rings is 2. The number of hydrogen-bond donors (Lipinski definition) is 1. The van der Waals surface area contributed by atoms with E-state index >= 15 is 0 Å². The van der Waals surface area contributed by atoms with E-state index in [4.69, 9.17) is 10.5 Å². The molecule has 0 aliphatic carbocycles. The summed E-state index contributed by atoms with van der Waals surface area (Å²) in [5, 5.41) is 0. The summed E-state index contributed by atoms with van der Waals surface area (Å²) in [5.41, 5.74) is 8.76. The van der Waals surface area contributed by atoms with Crippen molar-refractivity contribution in [1.29, 1.82) is 0 Å². The van der Waals surface area contributed by atoms with Crippen molar-refractivity contribution in [2.75, 3.05) is 7.11 Å². The molecule has 0 saturated carbocycles. The monoisotopic (exact) mass is 296 g/mol. The Morgan fingerprint density at radius 3 is 2.59 bits per heavy atom. The van der Waals surface area contributed by atoms with Crippen LogP contribution in [-0.2, 0) is 11.3 Å². The molecular formula is C17H16N2O3. The highest BCUT2D eigenvalue weighted by Gasteiger charge is 2.34. The highest BCUT2D eigenvalue weighted by molar-refractivity contribution is 5.99. The second-order valence-electron chi connectivity index (χ2n) is 5.11. The van der Waals surface area contributed by atoms with Crippen LogP contribution in [0.15, 0.2) is 48.5 Å². The Hall–Kier alpha value is -2.66. The first kappa shape index (κ1) is 14.3. The fourth-order valence-electron chi connectivity index (χ4n) is 2.72. The van der Waals surface area contributed by atoms with Gasteiger partial charge in [0, 0.05) is 17.7 Å². The third-order valence-electron chi connectivity index (χ3n) is 3.87. The Labute approximate surface area is 128 Å². The van der Waals surface area contributed by atoms with Crippen molar-refractivity contribution in [3.63, 3.8) is 0 Å². The lowest BCUT2D eigenvalue weighted by Gasteiger charge is -2.22. The number of rotatable bonds is 3. The summed E-state index contributed by atoms with van der Waals surface area (Å²) in [6.07, 6.45) is -0.505. The molecule has 0 saturated heterocycles. The molecule has 3 rings (SSSR count). The van der Waals surface area contributed by atoms with Crippen LogP contribution in [0.1, 0.15) is 38.0 Å². The van der Waals surface area contributed by atoms with Gasteiger partial charge in [-0.05, 0) is 17.7 Å². The molecule has 112 valence electrons. The number of fused-ring (bicyclic) bond motifs is 1. The highest BCUT2D eigenvalue weighted by Crippen LogP contribution is 2.31. The zero-order valence-corrected chi connectivity index (χ0v) is 12.2. The van der Waals surface area contributed by atoms with Gasteiger partial charge in [0.15, 0.2) is 0 Å². The smallest absolute Gasteiger partial charge is 0.338 e. The van der Waals surface area contributed by atoms with Crippen LogP contribution >= 0.6 is 0 Å². The predicted octanol–water partition coefficient (Wildman–Crippen LogP) is 2.09. The van der Waals surface area contributed by atoms with Crippen LogP contribution in [0.25, 0.3) is 0 Å². The largest absolute Gasteiger partial charge is 0.465 e. The molecule has 5 nitrogen and oxygen atoms in total. The van der Waals surface area contributed by atoms with Gasteiger partial charge in [-0.15, -0.1) is 0 Å². The number of esters is 1. The van der Waals surface area contributed by atoms with E-state index in [9.17, 15) is 9.59 Å². The number of hydrogen-bond acceptors (Lipinski definition) is 4. The fourth-order valence-corrected chi connectivity index (χ4v) is 2.72. The van der Waals surface area contributed by atoms with Crippen molar-refractivity contribution in [2.45, 2.75) is 12.7 Å². The van der Waals surface area contributed by atoms with Gasteiger partial charge in [0.1, 0.15) is 6.17 Å². The second-order valence-corrected chi connectivity index (χ2v) is 5.11. The molecular weight excluding hydrogens is 280 g/mol. The van der Waals surface area contributed by atoms with Gasteiger partial charge >= 0.3 is 5.97 Å². The van der Waals surface area contributed by atoms with E-state index in [1.165, 1.54) is 7.11 Å². The van der Waals surface area contributed by atoms with Gasteiger partial charge in [-0.3, -0.25) is 4.79 Å². The van der Waals surface area contributed by atoms with Gasteiger partial charge < -0.3 is 15.4 Å². The Balaban J connectivity index is 1.93. The Morgan fingerprint density at radius 2 is 1.86 bits per heavy atom. The van der Waals surface area contributed by atoms with Crippen LogP contribution in [0.3, 0.4) is 0 Å². The number of nitrogens with zero attached hydrogens (tertiary/aromatic N) is 1. The molecule has 5 heteroatoms. The Kier molecular flexibility index (Phi) is 3.65. The lowest BCUT2D eigenvalue weighted by Crippen LogP contribution is -2.32. The van der Waals surface area contributed by atoms with Gasteiger partial charge in [-0.2, -0.15) is 0 Å². The summed E-state index contributed by atoms with van der Waals surface area (Å²) < 4.78 is 4.78. The standard InChI is InChI=1S/C17H16N2O3/c1-22-17(21)12-7-3-2-6-11(12)10-19-15(18)13-8-4-5-9-14(13)16(19)20/h2-9,15H,10,18H2,1H3. The van der Waals surface area contributed by atoms with Crippen LogP contribution in [0.5, 0.6) is 0 Å². The minimum atomic E-state index is -0.505. The third-order valence-corrected chi connectivity index (χ3v) is 3.87. The van der Waals surface area contributed by atoms with E-state index in [-0.39, 0.29) is 12.5 Å². The average molecular weight is 296 g/mol. The van der Waals surface area contributed by atoms with Crippen LogP contribution in [0, 0.1) is 0 Å². The normalized spacial score (nSPS) is 16.5. The van der Waals surface area contributed by atoms with Gasteiger partial charge in [0.25, 0.3) is 5.91 Å². The van der Waals surface area contributed by atoms with Gasteiger partial charge in [0.2, 0.25) is 0 Å². The van der Waals surface area contributed by atoms with E-state index < -0.39 is 12.1 Å². The van der Waals surface area contributed by atoms with Crippen molar-refractivity contribution in [1.82, 2.24) is 4.90 Å². The number of amides is 1. The zero-order valence-electron chi connectivity index (χ0n) is 12.2. The second kappa shape index (κ2) is 5.61. The van der Waals surface area contributed by atoms with Crippen molar-refractivity contribution < 1.29 is 14.3 Å². The number of nitrogens with two attached hydrogens (primary N) is 1. The van der Waals surface area contributed by atoms with Gasteiger partial charge in [0.05, 0.1) is 12.7 Å². The molecule has 0 aromatic heterocycles. The average Bonchev–Trinajstić information content (AvgIpc) is 2.80. The molecule has 0 fully saturated rings. The zero-order chi connectivity index (χ0) is 15.7. The van der Waals surface area contributed by atoms with Crippen LogP contribution < -0.4 is 5.73 Å². The highest BCUT2D eigenvalue weighted by atomic mass is 16.5. The summed E-state index contributed by atoms with van der Waals surface area (Å²) in [6, 6.07) is 14.4. The quantitative estimate of drug-likeness (QED) is 0.880. The third kappa shape index (κ3) is 2.25. The SMILES string of the molecule is COC(=O)c1ccccc1CN1C(=O)c2ccccc2C1N. The molecule has 0 spiro atoms. The van der Waals surface area contributed by atoms with E-state index in [0.717, 1.165) is 5.56 Å². The van der Waals surface area contributed by atoms with Crippen molar-refractivity contribution in [2.24, 2.45) is 5.73 Å². The molecule has 0 bridgehead atoms. The first-order valence-electron chi connectivity index (χ1n) is 6.95. The van der Waals surface area contributed by atoms with Gasteiger partial charge in [-0.25, -0.2) is 4.79 Å². The van der Waals surface area contributed by atoms with E-state index in [2.05, 4.69) is 0 Å². The summed E-state index contributed by atoms with van der Waals surface area (Å²) in [5.74, 6) is -0.545. The van der Waals surface area contributed by atoms with Crippen LogP contribution in [0.2, 0.25) is 0 Å². The fraction of sp³-hybridized carbons (Fsp3) is 0.176. The molecule has 1 aliphatic heterocycles. The summed E-state index contributed by atoms with van der Waals surface area (Å²) in [4.78, 5) is 25.9. The van der Waals surface area contributed by atoms with Crippen LogP contribution in [-0.4, -0.2) is 23.9 Å². The summed E-state index contributed by atoms with van der Waals surface area (Å²) in [6.45, 7) is 0.264. The van der Waals surface area contributed by atoms with E-state index in [1.807, 2.05) is 24.3 Å². The molecule has 1 aliphatic rings. The molecule has 2 aromatic carbocycles. The maximum atomic E-state index is 12.5. The molecule has 22 heavy (non-hydrogen) atoms. The lowest BCUT2D eigenvalue weighted by molar-refractivity contribution is 0.0591. The Bertz CT molecular complexity index is 742. The molecule has 2 aromatic rings. The minimum Gasteiger partial charge on any atom is -0.465 e. The number of carbonyl (C=O) groups is 2. The summed E-state index contributed by atoms with van der Waals surface area (Å²) >= 11 is 0. The molecule has 1 amide bonds. The van der Waals surface area contributed by atoms with E-state index in [0.29, 0.717) is 16.7 Å². The van der Waals surface area contributed by atoms with Gasteiger partial charge in [-0.1, -0.05) is 36.4 Å². The van der Waals surface area contributed by atoms with Crippen molar-refractivity contribution >= 4 is 11.9 Å². The number of ether oxygens (including phenoxy) is 1.